The standard InChI is InChI=1S/C16H22ClN3O/c1-9(13-7-10-2-3-11(13)6-10)19-16(21)14-8-12(17)4-5-15(14)20-18/h4-5,8-11,13,20H,2-3,6-7,18H2,1H3,(H,19,21). The van der Waals surface area contributed by atoms with Crippen molar-refractivity contribution < 1.29 is 4.79 Å². The molecular formula is C16H22ClN3O. The van der Waals surface area contributed by atoms with Crippen LogP contribution in [-0.2, 0) is 0 Å². The lowest BCUT2D eigenvalue weighted by Gasteiger charge is -2.28. The third-order valence-corrected chi connectivity index (χ3v) is 5.41. The molecule has 4 N–H and O–H groups in total. The number of nitrogen functional groups attached to an aromatic ring is 1. The van der Waals surface area contributed by atoms with Crippen molar-refractivity contribution in [2.24, 2.45) is 23.6 Å². The lowest BCUT2D eigenvalue weighted by molar-refractivity contribution is 0.0916. The van der Waals surface area contributed by atoms with Crippen LogP contribution in [0.4, 0.5) is 5.69 Å². The highest BCUT2D eigenvalue weighted by molar-refractivity contribution is 6.31. The molecule has 21 heavy (non-hydrogen) atoms. The van der Waals surface area contributed by atoms with Gasteiger partial charge in [-0.25, -0.2) is 0 Å². The summed E-state index contributed by atoms with van der Waals surface area (Å²) in [5, 5.41) is 3.67. The van der Waals surface area contributed by atoms with Gasteiger partial charge in [0.25, 0.3) is 5.91 Å². The number of carbonyl (C=O) groups is 1. The average molecular weight is 308 g/mol. The molecule has 0 aliphatic heterocycles. The maximum absolute atomic E-state index is 12.5. The molecule has 2 saturated carbocycles. The molecule has 4 atom stereocenters. The van der Waals surface area contributed by atoms with Crippen LogP contribution in [0.5, 0.6) is 0 Å². The maximum Gasteiger partial charge on any atom is 0.253 e. The van der Waals surface area contributed by atoms with E-state index in [1.165, 1.54) is 25.7 Å². The molecule has 0 heterocycles. The van der Waals surface area contributed by atoms with Crippen LogP contribution >= 0.6 is 11.6 Å². The number of rotatable bonds is 4. The van der Waals surface area contributed by atoms with Crippen LogP contribution in [0.3, 0.4) is 0 Å². The number of benzene rings is 1. The normalized spacial score (nSPS) is 28.4. The van der Waals surface area contributed by atoms with Crippen LogP contribution in [-0.4, -0.2) is 11.9 Å². The van der Waals surface area contributed by atoms with E-state index >= 15 is 0 Å². The topological polar surface area (TPSA) is 67.2 Å². The van der Waals surface area contributed by atoms with Crippen molar-refractivity contribution in [3.63, 3.8) is 0 Å². The van der Waals surface area contributed by atoms with E-state index in [0.29, 0.717) is 22.2 Å². The van der Waals surface area contributed by atoms with E-state index in [1.54, 1.807) is 18.2 Å². The minimum Gasteiger partial charge on any atom is -0.349 e. The van der Waals surface area contributed by atoms with E-state index in [0.717, 1.165) is 11.8 Å². The van der Waals surface area contributed by atoms with Gasteiger partial charge in [-0.1, -0.05) is 18.0 Å². The van der Waals surface area contributed by atoms with Crippen molar-refractivity contribution in [3.05, 3.63) is 28.8 Å². The number of halogens is 1. The highest BCUT2D eigenvalue weighted by atomic mass is 35.5. The molecule has 0 aromatic heterocycles. The van der Waals surface area contributed by atoms with Gasteiger partial charge >= 0.3 is 0 Å². The van der Waals surface area contributed by atoms with Crippen molar-refractivity contribution >= 4 is 23.2 Å². The summed E-state index contributed by atoms with van der Waals surface area (Å²) < 4.78 is 0. The largest absolute Gasteiger partial charge is 0.349 e. The summed E-state index contributed by atoms with van der Waals surface area (Å²) in [4.78, 5) is 12.5. The first-order valence-electron chi connectivity index (χ1n) is 7.65. The molecule has 2 bridgehead atoms. The monoisotopic (exact) mass is 307 g/mol. The van der Waals surface area contributed by atoms with Crippen LogP contribution in [0.25, 0.3) is 0 Å². The van der Waals surface area contributed by atoms with Gasteiger partial charge in [-0.05, 0) is 62.1 Å². The van der Waals surface area contributed by atoms with E-state index < -0.39 is 0 Å². The Kier molecular flexibility index (Phi) is 4.09. The molecule has 3 rings (SSSR count). The van der Waals surface area contributed by atoms with E-state index in [1.807, 2.05) is 0 Å². The molecule has 0 saturated heterocycles. The number of nitrogens with one attached hydrogen (secondary N) is 2. The Morgan fingerprint density at radius 1 is 1.38 bits per heavy atom. The molecule has 2 fully saturated rings. The Hall–Kier alpha value is -1.26. The first-order chi connectivity index (χ1) is 10.1. The fourth-order valence-corrected chi connectivity index (χ4v) is 4.30. The molecule has 1 aromatic rings. The van der Waals surface area contributed by atoms with Gasteiger partial charge in [-0.2, -0.15) is 0 Å². The van der Waals surface area contributed by atoms with E-state index in [2.05, 4.69) is 17.7 Å². The molecule has 2 aliphatic rings. The summed E-state index contributed by atoms with van der Waals surface area (Å²) in [7, 11) is 0. The van der Waals surface area contributed by atoms with Gasteiger partial charge in [0.2, 0.25) is 0 Å². The highest BCUT2D eigenvalue weighted by Gasteiger charge is 2.42. The van der Waals surface area contributed by atoms with Gasteiger partial charge in [-0.15, -0.1) is 0 Å². The number of fused-ring (bicyclic) bond motifs is 2. The third kappa shape index (κ3) is 2.87. The smallest absolute Gasteiger partial charge is 0.253 e. The summed E-state index contributed by atoms with van der Waals surface area (Å²) in [6.07, 6.45) is 5.29. The van der Waals surface area contributed by atoms with Crippen molar-refractivity contribution in [3.8, 4) is 0 Å². The summed E-state index contributed by atoms with van der Waals surface area (Å²) >= 11 is 5.98. The third-order valence-electron chi connectivity index (χ3n) is 5.18. The molecule has 0 radical (unpaired) electrons. The molecule has 4 nitrogen and oxygen atoms in total. The van der Waals surface area contributed by atoms with E-state index in [-0.39, 0.29) is 11.9 Å². The van der Waals surface area contributed by atoms with Crippen LogP contribution in [0, 0.1) is 17.8 Å². The molecule has 1 aromatic carbocycles. The molecule has 0 spiro atoms. The minimum absolute atomic E-state index is 0.110. The Morgan fingerprint density at radius 3 is 2.81 bits per heavy atom. The predicted octanol–water partition coefficient (Wildman–Crippen LogP) is 3.18. The SMILES string of the molecule is CC(NC(=O)c1cc(Cl)ccc1NN)C1CC2CCC1C2. The quantitative estimate of drug-likeness (QED) is 0.591. The summed E-state index contributed by atoms with van der Waals surface area (Å²) in [6, 6.07) is 5.28. The molecule has 1 amide bonds. The zero-order valence-electron chi connectivity index (χ0n) is 12.2. The average Bonchev–Trinajstić information content (AvgIpc) is 3.09. The van der Waals surface area contributed by atoms with Crippen LogP contribution < -0.4 is 16.6 Å². The second-order valence-electron chi connectivity index (χ2n) is 6.44. The van der Waals surface area contributed by atoms with Gasteiger partial charge in [0.15, 0.2) is 0 Å². The van der Waals surface area contributed by atoms with Crippen LogP contribution in [0.2, 0.25) is 5.02 Å². The Bertz CT molecular complexity index is 548. The first-order valence-corrected chi connectivity index (χ1v) is 8.03. The number of hydrazine groups is 1. The van der Waals surface area contributed by atoms with Crippen LogP contribution in [0.1, 0.15) is 43.0 Å². The number of amides is 1. The van der Waals surface area contributed by atoms with Gasteiger partial charge in [0.1, 0.15) is 0 Å². The highest BCUT2D eigenvalue weighted by Crippen LogP contribution is 2.49. The Morgan fingerprint density at radius 2 is 2.19 bits per heavy atom. The van der Waals surface area contributed by atoms with Gasteiger partial charge in [0, 0.05) is 11.1 Å². The van der Waals surface area contributed by atoms with E-state index in [4.69, 9.17) is 17.4 Å². The molecule has 114 valence electrons. The van der Waals surface area contributed by atoms with Crippen LogP contribution in [0.15, 0.2) is 18.2 Å². The van der Waals surface area contributed by atoms with Gasteiger partial charge < -0.3 is 10.7 Å². The lowest BCUT2D eigenvalue weighted by Crippen LogP contribution is -2.40. The first kappa shape index (κ1) is 14.7. The number of nitrogens with two attached hydrogens (primary N) is 1. The fraction of sp³-hybridized carbons (Fsp3) is 0.562. The molecule has 2 aliphatic carbocycles. The molecular weight excluding hydrogens is 286 g/mol. The summed E-state index contributed by atoms with van der Waals surface area (Å²) in [5.41, 5.74) is 3.65. The molecule has 5 heteroatoms. The van der Waals surface area contributed by atoms with Crippen molar-refractivity contribution in [1.82, 2.24) is 5.32 Å². The number of hydrogen-bond donors (Lipinski definition) is 3. The zero-order valence-corrected chi connectivity index (χ0v) is 13.0. The second kappa shape index (κ2) is 5.85. The van der Waals surface area contributed by atoms with Crippen molar-refractivity contribution in [1.29, 1.82) is 0 Å². The predicted molar refractivity (Wildman–Crippen MR) is 85.1 cm³/mol. The van der Waals surface area contributed by atoms with Gasteiger partial charge in [0.05, 0.1) is 11.3 Å². The fourth-order valence-electron chi connectivity index (χ4n) is 4.13. The maximum atomic E-state index is 12.5. The number of anilines is 1. The van der Waals surface area contributed by atoms with E-state index in [9.17, 15) is 4.79 Å². The summed E-state index contributed by atoms with van der Waals surface area (Å²) in [5.74, 6) is 7.64. The minimum atomic E-state index is -0.110. The Labute approximate surface area is 130 Å². The summed E-state index contributed by atoms with van der Waals surface area (Å²) in [6.45, 7) is 2.11. The van der Waals surface area contributed by atoms with Crippen molar-refractivity contribution in [2.45, 2.75) is 38.6 Å². The molecule has 4 unspecified atom stereocenters. The van der Waals surface area contributed by atoms with Crippen molar-refractivity contribution in [2.75, 3.05) is 5.43 Å². The number of hydrogen-bond acceptors (Lipinski definition) is 3. The zero-order chi connectivity index (χ0) is 15.0. The lowest BCUT2D eigenvalue weighted by atomic mass is 9.84. The number of carbonyl (C=O) groups excluding carboxylic acids is 1. The second-order valence-corrected chi connectivity index (χ2v) is 6.87. The Balaban J connectivity index is 1.70. The van der Waals surface area contributed by atoms with Gasteiger partial charge in [-0.3, -0.25) is 10.6 Å².